The second kappa shape index (κ2) is 4.89. The van der Waals surface area contributed by atoms with Gasteiger partial charge in [-0.1, -0.05) is 6.92 Å². The number of rotatable bonds is 3. The molecule has 1 rings (SSSR count). The Labute approximate surface area is 89.0 Å². The Bertz CT molecular complexity index is 308. The first-order chi connectivity index (χ1) is 7.10. The fraction of sp³-hybridized carbons (Fsp3) is 0.700. The lowest BCUT2D eigenvalue weighted by molar-refractivity contribution is -0.148. The van der Waals surface area contributed by atoms with Gasteiger partial charge in [0.1, 0.15) is 0 Å². The highest BCUT2D eigenvalue weighted by molar-refractivity contribution is 6.00. The lowest BCUT2D eigenvalue weighted by atomic mass is 10.0. The van der Waals surface area contributed by atoms with Crippen molar-refractivity contribution in [2.75, 3.05) is 7.05 Å². The number of hydrogen-bond acceptors (Lipinski definition) is 4. The summed E-state index contributed by atoms with van der Waals surface area (Å²) in [4.78, 5) is 24.0. The van der Waals surface area contributed by atoms with Crippen LogP contribution in [0.4, 0.5) is 0 Å². The van der Waals surface area contributed by atoms with Crippen LogP contribution < -0.4 is 5.32 Å². The third-order valence-electron chi connectivity index (χ3n) is 2.62. The molecule has 1 aliphatic heterocycles. The smallest absolute Gasteiger partial charge is 0.246 e. The lowest BCUT2D eigenvalue weighted by Crippen LogP contribution is -2.53. The van der Waals surface area contributed by atoms with Gasteiger partial charge in [-0.3, -0.25) is 19.8 Å². The van der Waals surface area contributed by atoms with Crippen molar-refractivity contribution in [3.8, 4) is 6.07 Å². The van der Waals surface area contributed by atoms with Crippen LogP contribution in [-0.4, -0.2) is 35.8 Å². The van der Waals surface area contributed by atoms with E-state index < -0.39 is 6.04 Å². The number of nitriles is 1. The van der Waals surface area contributed by atoms with E-state index in [0.29, 0.717) is 19.3 Å². The van der Waals surface area contributed by atoms with E-state index >= 15 is 0 Å². The Morgan fingerprint density at radius 1 is 1.67 bits per heavy atom. The summed E-state index contributed by atoms with van der Waals surface area (Å²) in [6, 6.07) is 1.37. The molecule has 0 aromatic heterocycles. The molecule has 0 saturated carbocycles. The number of carbonyl (C=O) groups excluding carboxylic acids is 2. The molecule has 1 heterocycles. The molecule has 82 valence electrons. The maximum absolute atomic E-state index is 11.6. The predicted octanol–water partition coefficient (Wildman–Crippen LogP) is 0.0256. The standard InChI is InChI=1S/C10H15N3O2/c1-3-7(6-11)12-8-4-5-9(14)13(2)10(8)15/h7-8,12H,3-5H2,1-2H3. The Morgan fingerprint density at radius 2 is 2.33 bits per heavy atom. The minimum Gasteiger partial charge on any atom is -0.291 e. The van der Waals surface area contributed by atoms with Crippen LogP contribution >= 0.6 is 0 Å². The molecule has 0 radical (unpaired) electrons. The van der Waals surface area contributed by atoms with Gasteiger partial charge in [0.2, 0.25) is 11.8 Å². The Kier molecular flexibility index (Phi) is 3.81. The maximum Gasteiger partial charge on any atom is 0.246 e. The molecule has 1 N–H and O–H groups in total. The van der Waals surface area contributed by atoms with Crippen LogP contribution in [0.25, 0.3) is 0 Å². The predicted molar refractivity (Wildman–Crippen MR) is 53.6 cm³/mol. The summed E-state index contributed by atoms with van der Waals surface area (Å²) in [5.41, 5.74) is 0. The molecule has 1 fully saturated rings. The first kappa shape index (κ1) is 11.7. The molecule has 5 heteroatoms. The van der Waals surface area contributed by atoms with Crippen LogP contribution in [0.5, 0.6) is 0 Å². The molecule has 2 amide bonds. The van der Waals surface area contributed by atoms with Crippen molar-refractivity contribution in [3.05, 3.63) is 0 Å². The van der Waals surface area contributed by atoms with Crippen LogP contribution in [0.3, 0.4) is 0 Å². The van der Waals surface area contributed by atoms with Crippen molar-refractivity contribution in [1.82, 2.24) is 10.2 Å². The number of likely N-dealkylation sites (N-methyl/N-ethyl adjacent to an activating group) is 1. The summed E-state index contributed by atoms with van der Waals surface area (Å²) in [6.07, 6.45) is 1.50. The second-order valence-corrected chi connectivity index (χ2v) is 3.64. The molecule has 2 atom stereocenters. The topological polar surface area (TPSA) is 73.2 Å². The van der Waals surface area contributed by atoms with Crippen molar-refractivity contribution in [3.63, 3.8) is 0 Å². The van der Waals surface area contributed by atoms with Gasteiger partial charge < -0.3 is 0 Å². The van der Waals surface area contributed by atoms with E-state index in [-0.39, 0.29) is 17.9 Å². The minimum absolute atomic E-state index is 0.150. The number of likely N-dealkylation sites (tertiary alicyclic amines) is 1. The van der Waals surface area contributed by atoms with Gasteiger partial charge in [0.15, 0.2) is 0 Å². The molecule has 5 nitrogen and oxygen atoms in total. The number of amides is 2. The van der Waals surface area contributed by atoms with Crippen LogP contribution in [0.15, 0.2) is 0 Å². The van der Waals surface area contributed by atoms with Gasteiger partial charge in [0, 0.05) is 13.5 Å². The number of hydrogen-bond donors (Lipinski definition) is 1. The van der Waals surface area contributed by atoms with E-state index in [2.05, 4.69) is 11.4 Å². The Hall–Kier alpha value is -1.41. The number of imide groups is 1. The molecular formula is C10H15N3O2. The normalized spacial score (nSPS) is 23.8. The van der Waals surface area contributed by atoms with Crippen LogP contribution in [-0.2, 0) is 9.59 Å². The fourth-order valence-electron chi connectivity index (χ4n) is 1.56. The summed E-state index contributed by atoms with van der Waals surface area (Å²) in [5, 5.41) is 11.7. The average Bonchev–Trinajstić information content (AvgIpc) is 2.25. The molecular weight excluding hydrogens is 194 g/mol. The zero-order valence-corrected chi connectivity index (χ0v) is 8.99. The number of carbonyl (C=O) groups is 2. The van der Waals surface area contributed by atoms with Gasteiger partial charge in [0.05, 0.1) is 18.2 Å². The first-order valence-electron chi connectivity index (χ1n) is 5.06. The van der Waals surface area contributed by atoms with Gasteiger partial charge in [-0.25, -0.2) is 0 Å². The van der Waals surface area contributed by atoms with Gasteiger partial charge >= 0.3 is 0 Å². The summed E-state index contributed by atoms with van der Waals surface area (Å²) >= 11 is 0. The highest BCUT2D eigenvalue weighted by Gasteiger charge is 2.32. The van der Waals surface area contributed by atoms with Crippen molar-refractivity contribution >= 4 is 11.8 Å². The van der Waals surface area contributed by atoms with Gasteiger partial charge in [-0.15, -0.1) is 0 Å². The van der Waals surface area contributed by atoms with E-state index in [1.54, 1.807) is 0 Å². The van der Waals surface area contributed by atoms with Crippen LogP contribution in [0.2, 0.25) is 0 Å². The third kappa shape index (κ3) is 2.54. The Balaban J connectivity index is 2.61. The van der Waals surface area contributed by atoms with E-state index in [1.807, 2.05) is 6.92 Å². The summed E-state index contributed by atoms with van der Waals surface area (Å²) in [6.45, 7) is 1.88. The second-order valence-electron chi connectivity index (χ2n) is 3.64. The highest BCUT2D eigenvalue weighted by atomic mass is 16.2. The number of nitrogens with zero attached hydrogens (tertiary/aromatic N) is 2. The van der Waals surface area contributed by atoms with Crippen LogP contribution in [0.1, 0.15) is 26.2 Å². The quantitative estimate of drug-likeness (QED) is 0.665. The van der Waals surface area contributed by atoms with Gasteiger partial charge in [-0.2, -0.15) is 5.26 Å². The fourth-order valence-corrected chi connectivity index (χ4v) is 1.56. The molecule has 0 aromatic rings. The van der Waals surface area contributed by atoms with E-state index in [4.69, 9.17) is 5.26 Å². The van der Waals surface area contributed by atoms with Crippen molar-refractivity contribution in [2.45, 2.75) is 38.3 Å². The SMILES string of the molecule is CCC(C#N)NC1CCC(=O)N(C)C1=O. The molecule has 2 unspecified atom stereocenters. The third-order valence-corrected chi connectivity index (χ3v) is 2.62. The van der Waals surface area contributed by atoms with Crippen LogP contribution in [0, 0.1) is 11.3 Å². The van der Waals surface area contributed by atoms with Crippen molar-refractivity contribution < 1.29 is 9.59 Å². The van der Waals surface area contributed by atoms with E-state index in [9.17, 15) is 9.59 Å². The highest BCUT2D eigenvalue weighted by Crippen LogP contribution is 2.12. The minimum atomic E-state index is -0.391. The summed E-state index contributed by atoms with van der Waals surface area (Å²) < 4.78 is 0. The molecule has 15 heavy (non-hydrogen) atoms. The number of piperidine rings is 1. The molecule has 1 aliphatic rings. The molecule has 0 aromatic carbocycles. The van der Waals surface area contributed by atoms with E-state index in [0.717, 1.165) is 4.90 Å². The average molecular weight is 209 g/mol. The zero-order chi connectivity index (χ0) is 11.4. The van der Waals surface area contributed by atoms with Crippen molar-refractivity contribution in [1.29, 1.82) is 5.26 Å². The van der Waals surface area contributed by atoms with Gasteiger partial charge in [-0.05, 0) is 12.8 Å². The Morgan fingerprint density at radius 3 is 2.87 bits per heavy atom. The largest absolute Gasteiger partial charge is 0.291 e. The molecule has 0 bridgehead atoms. The number of nitrogens with one attached hydrogen (secondary N) is 1. The van der Waals surface area contributed by atoms with Gasteiger partial charge in [0.25, 0.3) is 0 Å². The summed E-state index contributed by atoms with van der Waals surface area (Å²) in [5.74, 6) is -0.386. The monoisotopic (exact) mass is 209 g/mol. The van der Waals surface area contributed by atoms with Crippen molar-refractivity contribution in [2.24, 2.45) is 0 Å². The lowest BCUT2D eigenvalue weighted by Gasteiger charge is -2.29. The molecule has 0 aliphatic carbocycles. The molecule has 0 spiro atoms. The summed E-state index contributed by atoms with van der Waals surface area (Å²) in [7, 11) is 1.48. The van der Waals surface area contributed by atoms with E-state index in [1.165, 1.54) is 7.05 Å². The molecule has 1 saturated heterocycles. The zero-order valence-electron chi connectivity index (χ0n) is 8.99. The maximum atomic E-state index is 11.6. The first-order valence-corrected chi connectivity index (χ1v) is 5.06.